The second-order valence-electron chi connectivity index (χ2n) is 8.96. The SMILES string of the molecule is CC(C)(C)OC(=O)N1CCCC(C(=O)N2CCC(Oc3cc(C(F)(F)F)ccn3)C2)C1. The van der Waals surface area contributed by atoms with Crippen LogP contribution in [0, 0.1) is 5.92 Å². The normalized spacial score (nSPS) is 22.4. The molecule has 172 valence electrons. The smallest absolute Gasteiger partial charge is 0.416 e. The highest BCUT2D eigenvalue weighted by Crippen LogP contribution is 2.31. The molecular weight excluding hydrogens is 415 g/mol. The number of pyridine rings is 1. The summed E-state index contributed by atoms with van der Waals surface area (Å²) in [6.07, 6.45) is -2.38. The summed E-state index contributed by atoms with van der Waals surface area (Å²) in [4.78, 5) is 32.4. The Morgan fingerprint density at radius 3 is 2.52 bits per heavy atom. The van der Waals surface area contributed by atoms with Crippen LogP contribution in [0.3, 0.4) is 0 Å². The van der Waals surface area contributed by atoms with E-state index in [0.29, 0.717) is 38.9 Å². The Bertz CT molecular complexity index is 810. The van der Waals surface area contributed by atoms with Gasteiger partial charge in [0, 0.05) is 38.3 Å². The summed E-state index contributed by atoms with van der Waals surface area (Å²) >= 11 is 0. The second kappa shape index (κ2) is 8.92. The Hall–Kier alpha value is -2.52. The number of rotatable bonds is 3. The summed E-state index contributed by atoms with van der Waals surface area (Å²) in [5.74, 6) is -0.508. The van der Waals surface area contributed by atoms with Crippen molar-refractivity contribution in [2.75, 3.05) is 26.2 Å². The fourth-order valence-electron chi connectivity index (χ4n) is 3.77. The van der Waals surface area contributed by atoms with Crippen LogP contribution in [0.4, 0.5) is 18.0 Å². The minimum Gasteiger partial charge on any atom is -0.472 e. The summed E-state index contributed by atoms with van der Waals surface area (Å²) in [6.45, 7) is 6.95. The van der Waals surface area contributed by atoms with Crippen molar-refractivity contribution in [3.05, 3.63) is 23.9 Å². The summed E-state index contributed by atoms with van der Waals surface area (Å²) < 4.78 is 49.6. The first-order valence-corrected chi connectivity index (χ1v) is 10.4. The van der Waals surface area contributed by atoms with Crippen molar-refractivity contribution in [2.24, 2.45) is 5.92 Å². The molecule has 10 heteroatoms. The third kappa shape index (κ3) is 6.24. The summed E-state index contributed by atoms with van der Waals surface area (Å²) in [7, 11) is 0. The Kier molecular flexibility index (Phi) is 6.66. The van der Waals surface area contributed by atoms with Gasteiger partial charge in [0.05, 0.1) is 18.0 Å². The van der Waals surface area contributed by atoms with E-state index < -0.39 is 29.5 Å². The monoisotopic (exact) mass is 443 g/mol. The van der Waals surface area contributed by atoms with Gasteiger partial charge in [0.25, 0.3) is 0 Å². The van der Waals surface area contributed by atoms with Crippen molar-refractivity contribution in [3.63, 3.8) is 0 Å². The lowest BCUT2D eigenvalue weighted by molar-refractivity contribution is -0.138. The highest BCUT2D eigenvalue weighted by atomic mass is 19.4. The number of amides is 2. The van der Waals surface area contributed by atoms with Crippen molar-refractivity contribution in [2.45, 2.75) is 57.9 Å². The molecule has 0 N–H and O–H groups in total. The molecule has 2 amide bonds. The van der Waals surface area contributed by atoms with Gasteiger partial charge in [-0.3, -0.25) is 4.79 Å². The van der Waals surface area contributed by atoms with Crippen LogP contribution < -0.4 is 4.74 Å². The van der Waals surface area contributed by atoms with Crippen LogP contribution in [0.1, 0.15) is 45.6 Å². The Morgan fingerprint density at radius 2 is 1.84 bits per heavy atom. The van der Waals surface area contributed by atoms with E-state index >= 15 is 0 Å². The molecule has 3 rings (SSSR count). The molecule has 0 aromatic carbocycles. The van der Waals surface area contributed by atoms with E-state index in [2.05, 4.69) is 4.98 Å². The average molecular weight is 443 g/mol. The zero-order valence-corrected chi connectivity index (χ0v) is 17.9. The molecule has 0 spiro atoms. The molecule has 0 radical (unpaired) electrons. The molecule has 2 aliphatic rings. The number of aromatic nitrogens is 1. The zero-order valence-electron chi connectivity index (χ0n) is 17.9. The number of hydrogen-bond acceptors (Lipinski definition) is 5. The highest BCUT2D eigenvalue weighted by Gasteiger charge is 2.37. The number of carbonyl (C=O) groups is 2. The van der Waals surface area contributed by atoms with Gasteiger partial charge in [-0.05, 0) is 39.7 Å². The summed E-state index contributed by atoms with van der Waals surface area (Å²) in [5, 5.41) is 0. The zero-order chi connectivity index (χ0) is 22.8. The molecule has 3 heterocycles. The Balaban J connectivity index is 1.55. The third-order valence-corrected chi connectivity index (χ3v) is 5.23. The van der Waals surface area contributed by atoms with E-state index in [1.165, 1.54) is 0 Å². The predicted molar refractivity (Wildman–Crippen MR) is 105 cm³/mol. The molecule has 2 unspecified atom stereocenters. The topological polar surface area (TPSA) is 72.0 Å². The maximum absolute atomic E-state index is 13.0. The van der Waals surface area contributed by atoms with Crippen LogP contribution in [-0.2, 0) is 15.7 Å². The van der Waals surface area contributed by atoms with Gasteiger partial charge in [0.1, 0.15) is 11.7 Å². The number of carbonyl (C=O) groups excluding carboxylic acids is 2. The van der Waals surface area contributed by atoms with Crippen molar-refractivity contribution in [3.8, 4) is 5.88 Å². The molecule has 1 aromatic rings. The van der Waals surface area contributed by atoms with Gasteiger partial charge in [-0.2, -0.15) is 13.2 Å². The van der Waals surface area contributed by atoms with E-state index in [0.717, 1.165) is 18.3 Å². The van der Waals surface area contributed by atoms with Crippen LogP contribution >= 0.6 is 0 Å². The van der Waals surface area contributed by atoms with Gasteiger partial charge in [0.2, 0.25) is 11.8 Å². The molecule has 2 fully saturated rings. The number of halogens is 3. The second-order valence-corrected chi connectivity index (χ2v) is 8.96. The summed E-state index contributed by atoms with van der Waals surface area (Å²) in [5.41, 5.74) is -1.43. The maximum atomic E-state index is 13.0. The largest absolute Gasteiger partial charge is 0.472 e. The van der Waals surface area contributed by atoms with Crippen LogP contribution in [0.15, 0.2) is 18.3 Å². The number of alkyl halides is 3. The molecule has 31 heavy (non-hydrogen) atoms. The number of hydrogen-bond donors (Lipinski definition) is 0. The third-order valence-electron chi connectivity index (χ3n) is 5.23. The van der Waals surface area contributed by atoms with E-state index in [-0.39, 0.29) is 24.2 Å². The fraction of sp³-hybridized carbons (Fsp3) is 0.667. The molecular formula is C21H28F3N3O4. The average Bonchev–Trinajstić information content (AvgIpc) is 3.14. The van der Waals surface area contributed by atoms with Crippen LogP contribution in [-0.4, -0.2) is 64.7 Å². The number of piperidine rings is 1. The minimum absolute atomic E-state index is 0.0728. The van der Waals surface area contributed by atoms with Gasteiger partial charge in [-0.15, -0.1) is 0 Å². The predicted octanol–water partition coefficient (Wildman–Crippen LogP) is 3.73. The van der Waals surface area contributed by atoms with E-state index in [1.54, 1.807) is 30.6 Å². The lowest BCUT2D eigenvalue weighted by Gasteiger charge is -2.35. The molecule has 2 aliphatic heterocycles. The Morgan fingerprint density at radius 1 is 1.10 bits per heavy atom. The quantitative estimate of drug-likeness (QED) is 0.712. The molecule has 7 nitrogen and oxygen atoms in total. The van der Waals surface area contributed by atoms with Crippen molar-refractivity contribution < 1.29 is 32.2 Å². The van der Waals surface area contributed by atoms with Crippen molar-refractivity contribution in [1.29, 1.82) is 0 Å². The molecule has 2 saturated heterocycles. The van der Waals surface area contributed by atoms with E-state index in [4.69, 9.17) is 9.47 Å². The van der Waals surface area contributed by atoms with Crippen LogP contribution in [0.2, 0.25) is 0 Å². The molecule has 0 bridgehead atoms. The van der Waals surface area contributed by atoms with Crippen LogP contribution in [0.5, 0.6) is 5.88 Å². The molecule has 0 saturated carbocycles. The summed E-state index contributed by atoms with van der Waals surface area (Å²) in [6, 6.07) is 1.75. The number of nitrogens with zero attached hydrogens (tertiary/aromatic N) is 3. The van der Waals surface area contributed by atoms with E-state index in [9.17, 15) is 22.8 Å². The first kappa shape index (κ1) is 23.1. The lowest BCUT2D eigenvalue weighted by Crippen LogP contribution is -2.47. The number of likely N-dealkylation sites (tertiary alicyclic amines) is 2. The lowest BCUT2D eigenvalue weighted by atomic mass is 9.97. The number of ether oxygens (including phenoxy) is 2. The van der Waals surface area contributed by atoms with Crippen molar-refractivity contribution >= 4 is 12.0 Å². The standard InChI is InChI=1S/C21H28F3N3O4/c1-20(2,3)31-19(29)27-9-4-5-14(12-27)18(28)26-10-7-16(13-26)30-17-11-15(6-8-25-17)21(22,23)24/h6,8,11,14,16H,4-5,7,9-10,12-13H2,1-3H3. The first-order valence-electron chi connectivity index (χ1n) is 10.4. The Labute approximate surface area is 179 Å². The molecule has 2 atom stereocenters. The molecule has 0 aliphatic carbocycles. The van der Waals surface area contributed by atoms with E-state index in [1.807, 2.05) is 0 Å². The van der Waals surface area contributed by atoms with Gasteiger partial charge < -0.3 is 19.3 Å². The van der Waals surface area contributed by atoms with Gasteiger partial charge >= 0.3 is 12.3 Å². The van der Waals surface area contributed by atoms with Crippen molar-refractivity contribution in [1.82, 2.24) is 14.8 Å². The molecule has 1 aromatic heterocycles. The highest BCUT2D eigenvalue weighted by molar-refractivity contribution is 5.80. The van der Waals surface area contributed by atoms with Gasteiger partial charge in [-0.25, -0.2) is 9.78 Å². The van der Waals surface area contributed by atoms with Gasteiger partial charge in [-0.1, -0.05) is 0 Å². The van der Waals surface area contributed by atoms with Crippen LogP contribution in [0.25, 0.3) is 0 Å². The fourth-order valence-corrected chi connectivity index (χ4v) is 3.77. The minimum atomic E-state index is -4.47. The first-order chi connectivity index (χ1) is 14.4. The maximum Gasteiger partial charge on any atom is 0.416 e. The van der Waals surface area contributed by atoms with Gasteiger partial charge in [0.15, 0.2) is 0 Å².